The number of fused-ring (bicyclic) bond motifs is 1. The fourth-order valence-electron chi connectivity index (χ4n) is 4.33. The van der Waals surface area contributed by atoms with Crippen molar-refractivity contribution in [1.29, 1.82) is 0 Å². The molecule has 0 aliphatic carbocycles. The first-order valence-electron chi connectivity index (χ1n) is 12.6. The SMILES string of the molecule is C[C@@H](Cc1cccc(COCC(F)(F)c2ccccc2)c1)NC[C@H](O)c1ccc2c(c1)COC(C)(C)O2. The minimum absolute atomic E-state index is 0.0492. The zero-order chi connectivity index (χ0) is 26.5. The van der Waals surface area contributed by atoms with E-state index in [4.69, 9.17) is 14.2 Å². The molecule has 2 atom stereocenters. The molecule has 0 amide bonds. The Kier molecular flexibility index (Phi) is 8.60. The van der Waals surface area contributed by atoms with Crippen LogP contribution in [0.25, 0.3) is 0 Å². The van der Waals surface area contributed by atoms with Gasteiger partial charge in [0.25, 0.3) is 5.92 Å². The third kappa shape index (κ3) is 7.58. The van der Waals surface area contributed by atoms with Gasteiger partial charge in [0, 0.05) is 37.6 Å². The lowest BCUT2D eigenvalue weighted by Crippen LogP contribution is -2.35. The molecule has 1 aliphatic heterocycles. The minimum Gasteiger partial charge on any atom is -0.463 e. The van der Waals surface area contributed by atoms with Gasteiger partial charge in [-0.2, -0.15) is 8.78 Å². The molecule has 2 N–H and O–H groups in total. The van der Waals surface area contributed by atoms with Crippen molar-refractivity contribution >= 4 is 0 Å². The van der Waals surface area contributed by atoms with E-state index in [9.17, 15) is 13.9 Å². The van der Waals surface area contributed by atoms with Gasteiger partial charge < -0.3 is 24.6 Å². The number of halogens is 2. The molecule has 0 bridgehead atoms. The van der Waals surface area contributed by atoms with Crippen molar-refractivity contribution in [1.82, 2.24) is 5.32 Å². The standard InChI is InChI=1S/C30H35F2NO4/c1-21(33-17-27(34)24-12-13-28-25(16-24)19-36-29(2,3)37-28)14-22-8-7-9-23(15-22)18-35-20-30(31,32)26-10-5-4-6-11-26/h4-13,15-16,21,27,33-34H,14,17-20H2,1-3H3/t21-,27-/m0/s1. The molecule has 37 heavy (non-hydrogen) atoms. The summed E-state index contributed by atoms with van der Waals surface area (Å²) >= 11 is 0. The summed E-state index contributed by atoms with van der Waals surface area (Å²) < 4.78 is 45.5. The molecule has 0 unspecified atom stereocenters. The number of alkyl halides is 2. The minimum atomic E-state index is -3.03. The number of aliphatic hydroxyl groups is 1. The second-order valence-corrected chi connectivity index (χ2v) is 10.1. The van der Waals surface area contributed by atoms with Gasteiger partial charge in [0.1, 0.15) is 12.4 Å². The fraction of sp³-hybridized carbons (Fsp3) is 0.400. The van der Waals surface area contributed by atoms with Crippen LogP contribution in [0.3, 0.4) is 0 Å². The van der Waals surface area contributed by atoms with E-state index in [2.05, 4.69) is 5.32 Å². The summed E-state index contributed by atoms with van der Waals surface area (Å²) in [5.41, 5.74) is 3.58. The predicted octanol–water partition coefficient (Wildman–Crippen LogP) is 5.89. The molecule has 4 rings (SSSR count). The lowest BCUT2D eigenvalue weighted by atomic mass is 10.0. The summed E-state index contributed by atoms with van der Waals surface area (Å²) in [4.78, 5) is 0. The monoisotopic (exact) mass is 511 g/mol. The molecule has 198 valence electrons. The van der Waals surface area contributed by atoms with Crippen molar-refractivity contribution in [3.8, 4) is 5.75 Å². The maximum atomic E-state index is 14.3. The molecule has 0 spiro atoms. The molecule has 1 aliphatic rings. The number of hydrogen-bond acceptors (Lipinski definition) is 5. The van der Waals surface area contributed by atoms with Gasteiger partial charge in [-0.25, -0.2) is 0 Å². The van der Waals surface area contributed by atoms with Gasteiger partial charge in [0.15, 0.2) is 0 Å². The Morgan fingerprint density at radius 3 is 2.57 bits per heavy atom. The highest BCUT2D eigenvalue weighted by atomic mass is 19.3. The van der Waals surface area contributed by atoms with Crippen LogP contribution < -0.4 is 10.1 Å². The topological polar surface area (TPSA) is 60.0 Å². The van der Waals surface area contributed by atoms with Crippen molar-refractivity contribution in [2.24, 2.45) is 0 Å². The van der Waals surface area contributed by atoms with Crippen molar-refractivity contribution in [3.63, 3.8) is 0 Å². The summed E-state index contributed by atoms with van der Waals surface area (Å²) in [5.74, 6) is -2.91. The Morgan fingerprint density at radius 1 is 1.03 bits per heavy atom. The van der Waals surface area contributed by atoms with Crippen molar-refractivity contribution < 1.29 is 28.1 Å². The van der Waals surface area contributed by atoms with Crippen molar-refractivity contribution in [2.45, 2.75) is 64.3 Å². The number of rotatable bonds is 11. The van der Waals surface area contributed by atoms with E-state index in [1.807, 2.05) is 63.2 Å². The van der Waals surface area contributed by atoms with E-state index in [-0.39, 0.29) is 18.2 Å². The van der Waals surface area contributed by atoms with Crippen LogP contribution in [-0.4, -0.2) is 30.1 Å². The van der Waals surface area contributed by atoms with Crippen LogP contribution in [0.4, 0.5) is 8.78 Å². The van der Waals surface area contributed by atoms with Crippen molar-refractivity contribution in [3.05, 3.63) is 101 Å². The molecule has 3 aromatic rings. The number of aliphatic hydroxyl groups excluding tert-OH is 1. The predicted molar refractivity (Wildman–Crippen MR) is 139 cm³/mol. The zero-order valence-corrected chi connectivity index (χ0v) is 21.5. The quantitative estimate of drug-likeness (QED) is 0.336. The van der Waals surface area contributed by atoms with E-state index in [0.29, 0.717) is 13.2 Å². The van der Waals surface area contributed by atoms with Crippen LogP contribution in [0.15, 0.2) is 72.8 Å². The van der Waals surface area contributed by atoms with Crippen LogP contribution in [0.2, 0.25) is 0 Å². The van der Waals surface area contributed by atoms with Crippen LogP contribution in [0.5, 0.6) is 5.75 Å². The smallest absolute Gasteiger partial charge is 0.296 e. The number of ether oxygens (including phenoxy) is 3. The van der Waals surface area contributed by atoms with Crippen LogP contribution in [0.1, 0.15) is 54.7 Å². The van der Waals surface area contributed by atoms with Crippen molar-refractivity contribution in [2.75, 3.05) is 13.2 Å². The van der Waals surface area contributed by atoms with Gasteiger partial charge in [-0.15, -0.1) is 0 Å². The first-order chi connectivity index (χ1) is 17.6. The Hall–Kier alpha value is -2.84. The number of hydrogen-bond donors (Lipinski definition) is 2. The van der Waals surface area contributed by atoms with Gasteiger partial charge in [-0.05, 0) is 42.2 Å². The van der Waals surface area contributed by atoms with E-state index < -0.39 is 24.4 Å². The molecule has 5 nitrogen and oxygen atoms in total. The van der Waals surface area contributed by atoms with Crippen LogP contribution >= 0.6 is 0 Å². The molecule has 7 heteroatoms. The third-order valence-corrected chi connectivity index (χ3v) is 6.34. The average Bonchev–Trinajstić information content (AvgIpc) is 2.87. The Balaban J connectivity index is 1.24. The Morgan fingerprint density at radius 2 is 1.78 bits per heavy atom. The Bertz CT molecular complexity index is 1170. The molecule has 0 aromatic heterocycles. The first kappa shape index (κ1) is 27.2. The van der Waals surface area contributed by atoms with Crippen LogP contribution in [0, 0.1) is 0 Å². The number of nitrogens with one attached hydrogen (secondary N) is 1. The molecule has 0 saturated heterocycles. The van der Waals surface area contributed by atoms with Crippen LogP contribution in [-0.2, 0) is 35.0 Å². The highest BCUT2D eigenvalue weighted by molar-refractivity contribution is 5.39. The molecule has 0 fully saturated rings. The lowest BCUT2D eigenvalue weighted by Gasteiger charge is -2.33. The van der Waals surface area contributed by atoms with E-state index >= 15 is 0 Å². The van der Waals surface area contributed by atoms with Gasteiger partial charge in [-0.3, -0.25) is 0 Å². The normalized spacial score (nSPS) is 16.5. The highest BCUT2D eigenvalue weighted by Crippen LogP contribution is 2.33. The second kappa shape index (κ2) is 11.7. The third-order valence-electron chi connectivity index (χ3n) is 6.34. The lowest BCUT2D eigenvalue weighted by molar-refractivity contribution is -0.180. The van der Waals surface area contributed by atoms with Gasteiger partial charge >= 0.3 is 0 Å². The number of benzene rings is 3. The zero-order valence-electron chi connectivity index (χ0n) is 21.5. The summed E-state index contributed by atoms with van der Waals surface area (Å²) in [7, 11) is 0. The van der Waals surface area contributed by atoms with E-state index in [1.54, 1.807) is 18.2 Å². The summed E-state index contributed by atoms with van der Waals surface area (Å²) in [6.07, 6.45) is 0.0514. The fourth-order valence-corrected chi connectivity index (χ4v) is 4.33. The maximum absolute atomic E-state index is 14.3. The first-order valence-corrected chi connectivity index (χ1v) is 12.6. The summed E-state index contributed by atoms with van der Waals surface area (Å²) in [6, 6.07) is 21.2. The van der Waals surface area contributed by atoms with E-state index in [1.165, 1.54) is 12.1 Å². The molecule has 3 aromatic carbocycles. The highest BCUT2D eigenvalue weighted by Gasteiger charge is 2.31. The summed E-state index contributed by atoms with van der Waals surface area (Å²) in [6.45, 7) is 6.07. The summed E-state index contributed by atoms with van der Waals surface area (Å²) in [5, 5.41) is 14.1. The molecule has 0 saturated carbocycles. The van der Waals surface area contributed by atoms with Gasteiger partial charge in [0.05, 0.1) is 19.3 Å². The van der Waals surface area contributed by atoms with Gasteiger partial charge in [0.2, 0.25) is 5.79 Å². The molecule has 1 heterocycles. The van der Waals surface area contributed by atoms with E-state index in [0.717, 1.165) is 34.4 Å². The largest absolute Gasteiger partial charge is 0.463 e. The molecule has 0 radical (unpaired) electrons. The second-order valence-electron chi connectivity index (χ2n) is 10.1. The van der Waals surface area contributed by atoms with Gasteiger partial charge in [-0.1, -0.05) is 60.7 Å². The molecular weight excluding hydrogens is 476 g/mol. The molecular formula is C30H35F2NO4. The average molecular weight is 512 g/mol. The maximum Gasteiger partial charge on any atom is 0.296 e. The Labute approximate surface area is 217 Å².